The molecule has 1 N–H and O–H groups in total. The van der Waals surface area contributed by atoms with Crippen molar-refractivity contribution in [3.05, 3.63) is 102 Å². The highest BCUT2D eigenvalue weighted by molar-refractivity contribution is 5.67. The van der Waals surface area contributed by atoms with E-state index in [4.69, 9.17) is 4.74 Å². The van der Waals surface area contributed by atoms with Crippen molar-refractivity contribution in [2.75, 3.05) is 31.6 Å². The van der Waals surface area contributed by atoms with Gasteiger partial charge in [-0.2, -0.15) is 0 Å². The second-order valence-electron chi connectivity index (χ2n) is 8.57. The molecule has 3 aromatic rings. The molecule has 1 aliphatic heterocycles. The number of hydrogen-bond acceptors (Lipinski definition) is 4. The molecule has 3 aromatic carbocycles. The van der Waals surface area contributed by atoms with Crippen molar-refractivity contribution >= 4 is 11.8 Å². The number of anilines is 1. The van der Waals surface area contributed by atoms with Crippen LogP contribution in [0.5, 0.6) is 0 Å². The number of rotatable bonds is 9. The van der Waals surface area contributed by atoms with Crippen molar-refractivity contribution in [1.29, 1.82) is 0 Å². The zero-order valence-electron chi connectivity index (χ0n) is 19.1. The number of nitrogens with zero attached hydrogens (tertiary/aromatic N) is 2. The molecule has 172 valence electrons. The predicted octanol–water partition coefficient (Wildman–Crippen LogP) is 5.40. The van der Waals surface area contributed by atoms with Crippen LogP contribution in [-0.4, -0.2) is 48.2 Å². The highest BCUT2D eigenvalue weighted by Crippen LogP contribution is 2.17. The number of hydrogen-bond donors (Lipinski definition) is 1. The summed E-state index contributed by atoms with van der Waals surface area (Å²) in [5.41, 5.74) is 3.65. The smallest absolute Gasteiger partial charge is 0.409 e. The molecule has 4 rings (SSSR count). The fraction of sp³-hybridized carbons (Fsp3) is 0.321. The molecule has 0 atom stereocenters. The van der Waals surface area contributed by atoms with Crippen molar-refractivity contribution in [2.45, 2.75) is 32.0 Å². The summed E-state index contributed by atoms with van der Waals surface area (Å²) in [6.45, 7) is 4.18. The first-order valence-corrected chi connectivity index (χ1v) is 11.8. The number of para-hydroxylation sites is 1. The average molecular weight is 444 g/mol. The third-order valence-electron chi connectivity index (χ3n) is 6.03. The van der Waals surface area contributed by atoms with Gasteiger partial charge < -0.3 is 15.0 Å². The van der Waals surface area contributed by atoms with Gasteiger partial charge in [0.1, 0.15) is 6.61 Å². The molecular formula is C28H33N3O2. The molecule has 5 heteroatoms. The third-order valence-corrected chi connectivity index (χ3v) is 6.03. The molecule has 0 aliphatic carbocycles. The molecule has 1 amide bonds. The normalized spacial score (nSPS) is 14.3. The SMILES string of the molecule is O=C(OCCN(Cc1ccccc1)Cc1ccccc1)N1CCC(Nc2ccccc2)CC1. The minimum absolute atomic E-state index is 0.201. The number of amides is 1. The minimum Gasteiger partial charge on any atom is -0.448 e. The van der Waals surface area contributed by atoms with Crippen molar-refractivity contribution < 1.29 is 9.53 Å². The second kappa shape index (κ2) is 12.1. The van der Waals surface area contributed by atoms with Crippen LogP contribution < -0.4 is 5.32 Å². The summed E-state index contributed by atoms with van der Waals surface area (Å²) in [5.74, 6) is 0. The van der Waals surface area contributed by atoms with Gasteiger partial charge in [-0.25, -0.2) is 4.79 Å². The van der Waals surface area contributed by atoms with Crippen LogP contribution in [0.15, 0.2) is 91.0 Å². The Kier molecular flexibility index (Phi) is 8.36. The molecular weight excluding hydrogens is 410 g/mol. The van der Waals surface area contributed by atoms with E-state index in [1.165, 1.54) is 11.1 Å². The van der Waals surface area contributed by atoms with Crippen molar-refractivity contribution in [2.24, 2.45) is 0 Å². The Morgan fingerprint density at radius 1 is 0.818 bits per heavy atom. The summed E-state index contributed by atoms with van der Waals surface area (Å²) in [4.78, 5) is 16.8. The zero-order valence-corrected chi connectivity index (χ0v) is 19.1. The third kappa shape index (κ3) is 7.36. The van der Waals surface area contributed by atoms with E-state index in [-0.39, 0.29) is 6.09 Å². The van der Waals surface area contributed by atoms with Gasteiger partial charge >= 0.3 is 6.09 Å². The first-order chi connectivity index (χ1) is 16.3. The molecule has 0 saturated carbocycles. The Morgan fingerprint density at radius 2 is 1.33 bits per heavy atom. The molecule has 1 fully saturated rings. The maximum Gasteiger partial charge on any atom is 0.409 e. The van der Waals surface area contributed by atoms with Gasteiger partial charge in [0.05, 0.1) is 0 Å². The average Bonchev–Trinajstić information content (AvgIpc) is 2.86. The standard InChI is InChI=1S/C28H33N3O2/c32-28(31-18-16-27(17-19-31)29-26-14-8-3-9-15-26)33-21-20-30(22-24-10-4-1-5-11-24)23-25-12-6-2-7-13-25/h1-15,27,29H,16-23H2. The van der Waals surface area contributed by atoms with Crippen molar-refractivity contribution in [3.8, 4) is 0 Å². The maximum absolute atomic E-state index is 12.6. The number of ether oxygens (including phenoxy) is 1. The van der Waals surface area contributed by atoms with Crippen LogP contribution in [-0.2, 0) is 17.8 Å². The predicted molar refractivity (Wildman–Crippen MR) is 133 cm³/mol. The van der Waals surface area contributed by atoms with E-state index in [1.807, 2.05) is 35.2 Å². The molecule has 0 unspecified atom stereocenters. The van der Waals surface area contributed by atoms with Crippen LogP contribution in [0.1, 0.15) is 24.0 Å². The molecule has 0 spiro atoms. The van der Waals surface area contributed by atoms with Gasteiger partial charge in [0.15, 0.2) is 0 Å². The lowest BCUT2D eigenvalue weighted by molar-refractivity contribution is 0.0811. The zero-order chi connectivity index (χ0) is 22.7. The summed E-state index contributed by atoms with van der Waals surface area (Å²) in [5, 5.41) is 3.56. The summed E-state index contributed by atoms with van der Waals surface area (Å²) in [6, 6.07) is 31.5. The van der Waals surface area contributed by atoms with Gasteiger partial charge in [-0.05, 0) is 36.1 Å². The molecule has 33 heavy (non-hydrogen) atoms. The number of carbonyl (C=O) groups is 1. The second-order valence-corrected chi connectivity index (χ2v) is 8.57. The highest BCUT2D eigenvalue weighted by Gasteiger charge is 2.23. The van der Waals surface area contributed by atoms with Gasteiger partial charge in [-0.15, -0.1) is 0 Å². The van der Waals surface area contributed by atoms with Crippen LogP contribution in [0.3, 0.4) is 0 Å². The maximum atomic E-state index is 12.6. The summed E-state index contributed by atoms with van der Waals surface area (Å²) in [7, 11) is 0. The number of nitrogens with one attached hydrogen (secondary N) is 1. The van der Waals surface area contributed by atoms with E-state index in [9.17, 15) is 4.79 Å². The molecule has 0 bridgehead atoms. The number of piperidine rings is 1. The van der Waals surface area contributed by atoms with Crippen LogP contribution in [0, 0.1) is 0 Å². The summed E-state index contributed by atoms with van der Waals surface area (Å²) in [6.07, 6.45) is 1.66. The first kappa shape index (κ1) is 22.9. The molecule has 0 aromatic heterocycles. The van der Waals surface area contributed by atoms with Gasteiger partial charge in [0.2, 0.25) is 0 Å². The van der Waals surface area contributed by atoms with E-state index in [2.05, 4.69) is 70.9 Å². The number of carbonyl (C=O) groups excluding carboxylic acids is 1. The molecule has 1 saturated heterocycles. The lowest BCUT2D eigenvalue weighted by Crippen LogP contribution is -2.43. The first-order valence-electron chi connectivity index (χ1n) is 11.8. The molecule has 1 heterocycles. The number of benzene rings is 3. The van der Waals surface area contributed by atoms with Gasteiger partial charge in [0, 0.05) is 44.5 Å². The fourth-order valence-corrected chi connectivity index (χ4v) is 4.23. The Labute approximate surface area is 197 Å². The van der Waals surface area contributed by atoms with Gasteiger partial charge in [-0.1, -0.05) is 78.9 Å². The van der Waals surface area contributed by atoms with Crippen LogP contribution in [0.4, 0.5) is 10.5 Å². The van der Waals surface area contributed by atoms with E-state index in [0.717, 1.165) is 44.7 Å². The van der Waals surface area contributed by atoms with Crippen LogP contribution in [0.2, 0.25) is 0 Å². The number of likely N-dealkylation sites (tertiary alicyclic amines) is 1. The molecule has 1 aliphatic rings. The summed E-state index contributed by atoms with van der Waals surface area (Å²) >= 11 is 0. The molecule has 0 radical (unpaired) electrons. The van der Waals surface area contributed by atoms with Gasteiger partial charge in [0.25, 0.3) is 0 Å². The molecule has 5 nitrogen and oxygen atoms in total. The van der Waals surface area contributed by atoms with E-state index >= 15 is 0 Å². The van der Waals surface area contributed by atoms with E-state index < -0.39 is 0 Å². The Hall–Kier alpha value is -3.31. The Bertz CT molecular complexity index is 917. The van der Waals surface area contributed by atoms with E-state index in [0.29, 0.717) is 19.2 Å². The monoisotopic (exact) mass is 443 g/mol. The Morgan fingerprint density at radius 3 is 1.88 bits per heavy atom. The largest absolute Gasteiger partial charge is 0.448 e. The van der Waals surface area contributed by atoms with Crippen LogP contribution >= 0.6 is 0 Å². The fourth-order valence-electron chi connectivity index (χ4n) is 4.23. The van der Waals surface area contributed by atoms with Crippen LogP contribution in [0.25, 0.3) is 0 Å². The quantitative estimate of drug-likeness (QED) is 0.481. The Balaban J connectivity index is 1.23. The van der Waals surface area contributed by atoms with Crippen molar-refractivity contribution in [1.82, 2.24) is 9.80 Å². The summed E-state index contributed by atoms with van der Waals surface area (Å²) < 4.78 is 5.67. The van der Waals surface area contributed by atoms with Gasteiger partial charge in [-0.3, -0.25) is 4.90 Å². The lowest BCUT2D eigenvalue weighted by Gasteiger charge is -2.32. The minimum atomic E-state index is -0.201. The lowest BCUT2D eigenvalue weighted by atomic mass is 10.1. The van der Waals surface area contributed by atoms with Crippen molar-refractivity contribution in [3.63, 3.8) is 0 Å². The topological polar surface area (TPSA) is 44.8 Å². The van der Waals surface area contributed by atoms with E-state index in [1.54, 1.807) is 0 Å². The highest BCUT2D eigenvalue weighted by atomic mass is 16.6.